The highest BCUT2D eigenvalue weighted by Gasteiger charge is 2.26. The first-order valence-electron chi connectivity index (χ1n) is 7.31. The number of aromatic nitrogens is 3. The van der Waals surface area contributed by atoms with Crippen LogP contribution in [-0.4, -0.2) is 33.3 Å². The molecule has 0 bridgehead atoms. The second kappa shape index (κ2) is 5.37. The van der Waals surface area contributed by atoms with Gasteiger partial charge in [0.1, 0.15) is 12.2 Å². The van der Waals surface area contributed by atoms with Gasteiger partial charge >= 0.3 is 0 Å². The van der Waals surface area contributed by atoms with E-state index >= 15 is 0 Å². The van der Waals surface area contributed by atoms with E-state index < -0.39 is 0 Å². The molecule has 1 aliphatic rings. The molecule has 0 spiro atoms. The second-order valence-corrected chi connectivity index (χ2v) is 5.79. The van der Waals surface area contributed by atoms with Crippen molar-refractivity contribution in [1.29, 1.82) is 0 Å². The Hall–Kier alpha value is -1.68. The zero-order chi connectivity index (χ0) is 14.1. The van der Waals surface area contributed by atoms with Crippen molar-refractivity contribution in [3.05, 3.63) is 47.5 Å². The predicted octanol–water partition coefficient (Wildman–Crippen LogP) is 2.77. The van der Waals surface area contributed by atoms with Crippen molar-refractivity contribution in [1.82, 2.24) is 19.7 Å². The molecule has 1 unspecified atom stereocenters. The number of aryl methyl sites for hydroxylation is 2. The minimum Gasteiger partial charge on any atom is -0.298 e. The highest BCUT2D eigenvalue weighted by molar-refractivity contribution is 5.28. The summed E-state index contributed by atoms with van der Waals surface area (Å²) >= 11 is 0. The monoisotopic (exact) mass is 270 g/mol. The van der Waals surface area contributed by atoms with Crippen molar-refractivity contribution in [2.75, 3.05) is 13.6 Å². The van der Waals surface area contributed by atoms with Crippen LogP contribution in [0.1, 0.15) is 42.4 Å². The molecule has 2 heterocycles. The van der Waals surface area contributed by atoms with Gasteiger partial charge in [0.15, 0.2) is 0 Å². The van der Waals surface area contributed by atoms with Gasteiger partial charge in [0.05, 0.1) is 6.04 Å². The van der Waals surface area contributed by atoms with E-state index in [9.17, 15) is 0 Å². The average Bonchev–Trinajstić information content (AvgIpc) is 3.03. The van der Waals surface area contributed by atoms with Crippen molar-refractivity contribution in [2.24, 2.45) is 0 Å². The van der Waals surface area contributed by atoms with Crippen LogP contribution < -0.4 is 0 Å². The zero-order valence-corrected chi connectivity index (χ0v) is 12.5. The maximum Gasteiger partial charge on any atom is 0.138 e. The van der Waals surface area contributed by atoms with Crippen LogP contribution in [0.3, 0.4) is 0 Å². The molecule has 1 aliphatic heterocycles. The number of benzene rings is 1. The van der Waals surface area contributed by atoms with Gasteiger partial charge in [-0.3, -0.25) is 4.90 Å². The average molecular weight is 270 g/mol. The molecular weight excluding hydrogens is 248 g/mol. The number of rotatable bonds is 4. The molecule has 0 saturated heterocycles. The molecule has 1 aromatic carbocycles. The van der Waals surface area contributed by atoms with Crippen molar-refractivity contribution in [2.45, 2.75) is 38.8 Å². The van der Waals surface area contributed by atoms with Crippen molar-refractivity contribution in [3.63, 3.8) is 0 Å². The largest absolute Gasteiger partial charge is 0.298 e. The summed E-state index contributed by atoms with van der Waals surface area (Å²) in [7, 11) is 2.20. The van der Waals surface area contributed by atoms with E-state index in [1.165, 1.54) is 11.1 Å². The molecule has 3 rings (SSSR count). The lowest BCUT2D eigenvalue weighted by atomic mass is 10.0. The molecule has 106 valence electrons. The molecular formula is C16H22N4. The number of fused-ring (bicyclic) bond motifs is 1. The number of hydrogen-bond donors (Lipinski definition) is 0. The van der Waals surface area contributed by atoms with Gasteiger partial charge in [-0.2, -0.15) is 5.10 Å². The van der Waals surface area contributed by atoms with Crippen LogP contribution >= 0.6 is 0 Å². The van der Waals surface area contributed by atoms with Gasteiger partial charge in [0, 0.05) is 19.0 Å². The lowest BCUT2D eigenvalue weighted by Crippen LogP contribution is -2.29. The zero-order valence-electron chi connectivity index (χ0n) is 12.5. The lowest BCUT2D eigenvalue weighted by Gasteiger charge is -2.28. The molecule has 0 saturated carbocycles. The Kier molecular flexibility index (Phi) is 3.57. The normalized spacial score (nSPS) is 19.3. The molecule has 2 atom stereocenters. The first-order chi connectivity index (χ1) is 9.66. The second-order valence-electron chi connectivity index (χ2n) is 5.79. The van der Waals surface area contributed by atoms with E-state index in [0.29, 0.717) is 12.1 Å². The fourth-order valence-electron chi connectivity index (χ4n) is 3.13. The number of likely N-dealkylation sites (N-methyl/N-ethyl adjacent to an activating group) is 1. The summed E-state index contributed by atoms with van der Waals surface area (Å²) in [6.07, 6.45) is 3.88. The highest BCUT2D eigenvalue weighted by Crippen LogP contribution is 2.28. The van der Waals surface area contributed by atoms with Gasteiger partial charge in [-0.25, -0.2) is 9.67 Å². The number of hydrogen-bond acceptors (Lipinski definition) is 3. The van der Waals surface area contributed by atoms with E-state index in [4.69, 9.17) is 0 Å². The molecule has 0 fully saturated rings. The van der Waals surface area contributed by atoms with E-state index in [2.05, 4.69) is 64.8 Å². The maximum absolute atomic E-state index is 4.36. The molecule has 0 radical (unpaired) electrons. The first-order valence-corrected chi connectivity index (χ1v) is 7.31. The van der Waals surface area contributed by atoms with Crippen LogP contribution in [0.5, 0.6) is 0 Å². The molecule has 0 N–H and O–H groups in total. The van der Waals surface area contributed by atoms with Gasteiger partial charge in [0.2, 0.25) is 0 Å². The van der Waals surface area contributed by atoms with Crippen molar-refractivity contribution >= 4 is 0 Å². The minimum atomic E-state index is 0.420. The van der Waals surface area contributed by atoms with E-state index in [0.717, 1.165) is 25.2 Å². The molecule has 4 heteroatoms. The van der Waals surface area contributed by atoms with E-state index in [1.54, 1.807) is 6.33 Å². The first kappa shape index (κ1) is 13.3. The quantitative estimate of drug-likeness (QED) is 0.856. The van der Waals surface area contributed by atoms with Gasteiger partial charge < -0.3 is 0 Å². The molecule has 4 nitrogen and oxygen atoms in total. The maximum atomic E-state index is 4.36. The third-order valence-corrected chi connectivity index (χ3v) is 4.49. The topological polar surface area (TPSA) is 34.0 Å². The third kappa shape index (κ3) is 2.36. The summed E-state index contributed by atoms with van der Waals surface area (Å²) < 4.78 is 2.10. The summed E-state index contributed by atoms with van der Waals surface area (Å²) in [6.45, 7) is 5.48. The number of nitrogens with zero attached hydrogens (tertiary/aromatic N) is 4. The Morgan fingerprint density at radius 2 is 2.20 bits per heavy atom. The Balaban J connectivity index is 1.71. The van der Waals surface area contributed by atoms with Crippen LogP contribution in [0.4, 0.5) is 0 Å². The van der Waals surface area contributed by atoms with E-state index in [-0.39, 0.29) is 0 Å². The van der Waals surface area contributed by atoms with Gasteiger partial charge in [0.25, 0.3) is 0 Å². The van der Waals surface area contributed by atoms with Crippen molar-refractivity contribution < 1.29 is 0 Å². The van der Waals surface area contributed by atoms with Gasteiger partial charge in [-0.1, -0.05) is 24.3 Å². The summed E-state index contributed by atoms with van der Waals surface area (Å²) in [5.41, 5.74) is 2.77. The SMILES string of the molecule is Cc1ccccc1[C@H](C)N(C)CC1CCc2ncnn21. The Morgan fingerprint density at radius 3 is 3.00 bits per heavy atom. The van der Waals surface area contributed by atoms with Crippen molar-refractivity contribution in [3.8, 4) is 0 Å². The van der Waals surface area contributed by atoms with Crippen LogP contribution in [0, 0.1) is 6.92 Å². The Bertz CT molecular complexity index is 590. The Labute approximate surface area is 120 Å². The highest BCUT2D eigenvalue weighted by atomic mass is 15.4. The van der Waals surface area contributed by atoms with Crippen LogP contribution in [-0.2, 0) is 6.42 Å². The summed E-state index contributed by atoms with van der Waals surface area (Å²) in [5, 5.41) is 4.36. The molecule has 1 aromatic heterocycles. The molecule has 0 aliphatic carbocycles. The molecule has 0 amide bonds. The van der Waals surface area contributed by atoms with Crippen LogP contribution in [0.2, 0.25) is 0 Å². The van der Waals surface area contributed by atoms with Gasteiger partial charge in [-0.15, -0.1) is 0 Å². The fraction of sp³-hybridized carbons (Fsp3) is 0.500. The molecule has 20 heavy (non-hydrogen) atoms. The predicted molar refractivity (Wildman–Crippen MR) is 79.6 cm³/mol. The van der Waals surface area contributed by atoms with Gasteiger partial charge in [-0.05, 0) is 38.4 Å². The summed E-state index contributed by atoms with van der Waals surface area (Å²) in [4.78, 5) is 6.73. The Morgan fingerprint density at radius 1 is 1.40 bits per heavy atom. The standard InChI is InChI=1S/C16H22N4/c1-12-6-4-5-7-15(12)13(2)19(3)10-14-8-9-16-17-11-18-20(14)16/h4-7,11,13-14H,8-10H2,1-3H3/t13-,14?/m0/s1. The van der Waals surface area contributed by atoms with Crippen LogP contribution in [0.15, 0.2) is 30.6 Å². The smallest absolute Gasteiger partial charge is 0.138 e. The minimum absolute atomic E-state index is 0.420. The van der Waals surface area contributed by atoms with E-state index in [1.807, 2.05) is 0 Å². The molecule has 2 aromatic rings. The third-order valence-electron chi connectivity index (χ3n) is 4.49. The summed E-state index contributed by atoms with van der Waals surface area (Å²) in [6, 6.07) is 9.52. The van der Waals surface area contributed by atoms with Crippen LogP contribution in [0.25, 0.3) is 0 Å². The summed E-state index contributed by atoms with van der Waals surface area (Å²) in [5.74, 6) is 1.13. The lowest BCUT2D eigenvalue weighted by molar-refractivity contribution is 0.217. The fourth-order valence-corrected chi connectivity index (χ4v) is 3.13.